The molecule has 0 aliphatic carbocycles. The van der Waals surface area contributed by atoms with Gasteiger partial charge in [-0.2, -0.15) is 0 Å². The lowest BCUT2D eigenvalue weighted by Crippen LogP contribution is -2.24. The first-order valence-corrected chi connectivity index (χ1v) is 12.2. The summed E-state index contributed by atoms with van der Waals surface area (Å²) in [7, 11) is 8.27. The summed E-state index contributed by atoms with van der Waals surface area (Å²) in [5, 5.41) is 0.629. The lowest BCUT2D eigenvalue weighted by atomic mass is 10.0. The number of methoxy groups -OCH3 is 5. The van der Waals surface area contributed by atoms with E-state index in [0.29, 0.717) is 40.8 Å². The van der Waals surface area contributed by atoms with Gasteiger partial charge in [-0.15, -0.1) is 24.9 Å². The molecule has 1 aliphatic heterocycles. The van der Waals surface area contributed by atoms with Crippen molar-refractivity contribution in [3.63, 3.8) is 0 Å². The van der Waals surface area contributed by atoms with Gasteiger partial charge in [0.05, 0.1) is 41.2 Å². The molecule has 0 unspecified atom stereocenters. The number of thioether (sulfide) groups is 1. The van der Waals surface area contributed by atoms with Crippen LogP contribution in [-0.4, -0.2) is 48.6 Å². The topological polar surface area (TPSA) is 49.4 Å². The number of anilines is 1. The van der Waals surface area contributed by atoms with Crippen molar-refractivity contribution >= 4 is 17.4 Å². The molecule has 184 valence electrons. The lowest BCUT2D eigenvalue weighted by Gasteiger charge is -2.26. The van der Waals surface area contributed by atoms with Gasteiger partial charge < -0.3 is 28.6 Å². The summed E-state index contributed by atoms with van der Waals surface area (Å²) in [6.45, 7) is 9.18. The normalized spacial score (nSPS) is 17.1. The van der Waals surface area contributed by atoms with Crippen molar-refractivity contribution in [3.05, 3.63) is 60.7 Å². The molecule has 2 aromatic rings. The minimum atomic E-state index is 0.313. The van der Waals surface area contributed by atoms with E-state index in [4.69, 9.17) is 23.7 Å². The fraction of sp³-hybridized carbons (Fsp3) is 0.407. The van der Waals surface area contributed by atoms with E-state index in [1.807, 2.05) is 23.9 Å². The van der Waals surface area contributed by atoms with Gasteiger partial charge in [0, 0.05) is 23.6 Å². The number of hydrogen-bond acceptors (Lipinski definition) is 7. The van der Waals surface area contributed by atoms with Crippen molar-refractivity contribution < 1.29 is 23.7 Å². The molecule has 1 fully saturated rings. The molecule has 0 radical (unpaired) electrons. The van der Waals surface area contributed by atoms with E-state index in [1.165, 1.54) is 11.1 Å². The number of nitrogens with zero attached hydrogens (tertiary/aromatic N) is 1. The van der Waals surface area contributed by atoms with E-state index in [-0.39, 0.29) is 0 Å². The predicted octanol–water partition coefficient (Wildman–Crippen LogP) is 6.22. The highest BCUT2D eigenvalue weighted by molar-refractivity contribution is 8.00. The first kappa shape index (κ1) is 25.7. The maximum atomic E-state index is 5.74. The first-order valence-electron chi connectivity index (χ1n) is 11.2. The number of rotatable bonds is 12. The third-order valence-corrected chi connectivity index (χ3v) is 7.64. The van der Waals surface area contributed by atoms with Gasteiger partial charge >= 0.3 is 0 Å². The molecule has 1 aliphatic rings. The van der Waals surface area contributed by atoms with Crippen LogP contribution in [0.2, 0.25) is 0 Å². The van der Waals surface area contributed by atoms with Crippen molar-refractivity contribution in [1.82, 2.24) is 0 Å². The first-order chi connectivity index (χ1) is 16.5. The van der Waals surface area contributed by atoms with Crippen molar-refractivity contribution in [2.75, 3.05) is 53.5 Å². The molecule has 2 aromatic carbocycles. The highest BCUT2D eigenvalue weighted by Crippen LogP contribution is 2.56. The second kappa shape index (κ2) is 12.0. The highest BCUT2D eigenvalue weighted by Gasteiger charge is 2.31. The van der Waals surface area contributed by atoms with Crippen molar-refractivity contribution in [3.8, 4) is 28.7 Å². The zero-order valence-electron chi connectivity index (χ0n) is 20.8. The monoisotopic (exact) mass is 485 g/mol. The van der Waals surface area contributed by atoms with Gasteiger partial charge in [-0.1, -0.05) is 12.2 Å². The molecule has 0 saturated carbocycles. The van der Waals surface area contributed by atoms with Crippen LogP contribution >= 0.6 is 11.8 Å². The molecule has 0 bridgehead atoms. The molecule has 2 atom stereocenters. The zero-order chi connectivity index (χ0) is 24.7. The molecular weight excluding hydrogens is 450 g/mol. The second-order valence-corrected chi connectivity index (χ2v) is 9.32. The molecule has 0 spiro atoms. The van der Waals surface area contributed by atoms with Crippen LogP contribution in [0.5, 0.6) is 28.7 Å². The Labute approximate surface area is 207 Å². The largest absolute Gasteiger partial charge is 0.493 e. The van der Waals surface area contributed by atoms with Crippen LogP contribution in [0.4, 0.5) is 5.69 Å². The molecule has 6 nitrogen and oxygen atoms in total. The maximum Gasteiger partial charge on any atom is 0.203 e. The second-order valence-electron chi connectivity index (χ2n) is 7.91. The Kier molecular flexibility index (Phi) is 9.05. The summed E-state index contributed by atoms with van der Waals surface area (Å²) in [6.07, 6.45) is 5.85. The van der Waals surface area contributed by atoms with E-state index in [2.05, 4.69) is 42.3 Å². The van der Waals surface area contributed by atoms with Gasteiger partial charge in [0.15, 0.2) is 23.0 Å². The summed E-state index contributed by atoms with van der Waals surface area (Å²) < 4.78 is 28.1. The van der Waals surface area contributed by atoms with Gasteiger partial charge in [-0.05, 0) is 48.2 Å². The van der Waals surface area contributed by atoms with Gasteiger partial charge in [-0.3, -0.25) is 0 Å². The van der Waals surface area contributed by atoms with Gasteiger partial charge in [-0.25, -0.2) is 0 Å². The van der Waals surface area contributed by atoms with E-state index in [9.17, 15) is 0 Å². The predicted molar refractivity (Wildman–Crippen MR) is 141 cm³/mol. The quantitative estimate of drug-likeness (QED) is 0.331. The Morgan fingerprint density at radius 1 is 0.735 bits per heavy atom. The Hall–Kier alpha value is -2.93. The van der Waals surface area contributed by atoms with Gasteiger partial charge in [0.1, 0.15) is 0 Å². The van der Waals surface area contributed by atoms with Crippen molar-refractivity contribution in [1.29, 1.82) is 0 Å². The van der Waals surface area contributed by atoms with Crippen LogP contribution in [0, 0.1) is 0 Å². The number of hydrogen-bond donors (Lipinski definition) is 0. The molecule has 1 saturated heterocycles. The third-order valence-electron chi connectivity index (χ3n) is 5.97. The minimum absolute atomic E-state index is 0.313. The van der Waals surface area contributed by atoms with Crippen molar-refractivity contribution in [2.24, 2.45) is 0 Å². The van der Waals surface area contributed by atoms with Crippen LogP contribution < -0.4 is 28.6 Å². The third kappa shape index (κ3) is 5.25. The van der Waals surface area contributed by atoms with E-state index >= 15 is 0 Å². The Bertz CT molecular complexity index is 974. The summed E-state index contributed by atoms with van der Waals surface area (Å²) in [5.41, 5.74) is 3.36. The standard InChI is InChI=1S/C27H35NO5S/c1-8-12-28(13-9-2)20-14-18(15-21(29-3)26(20)32-6)24-10-11-25(34-24)19-16-22(30-4)27(33-7)23(17-19)31-5/h8-9,14-17,24-25H,1-2,10-13H2,3-7H3/t24-,25-/m1/s1. The minimum Gasteiger partial charge on any atom is -0.493 e. The molecule has 34 heavy (non-hydrogen) atoms. The average Bonchev–Trinajstić information content (AvgIpc) is 3.37. The summed E-state index contributed by atoms with van der Waals surface area (Å²) in [6, 6.07) is 8.41. The van der Waals surface area contributed by atoms with Crippen LogP contribution in [0.25, 0.3) is 0 Å². The molecular formula is C27H35NO5S. The SMILES string of the molecule is C=CCN(CC=C)c1cc([C@H]2CC[C@H](c3cc(OC)c(OC)c(OC)c3)S2)cc(OC)c1OC. The van der Waals surface area contributed by atoms with Crippen LogP contribution in [-0.2, 0) is 0 Å². The Morgan fingerprint density at radius 3 is 1.59 bits per heavy atom. The van der Waals surface area contributed by atoms with E-state index < -0.39 is 0 Å². The smallest absolute Gasteiger partial charge is 0.203 e. The van der Waals surface area contributed by atoms with Crippen molar-refractivity contribution in [2.45, 2.75) is 23.3 Å². The molecule has 0 amide bonds. The lowest BCUT2D eigenvalue weighted by molar-refractivity contribution is 0.323. The molecule has 0 aromatic heterocycles. The van der Waals surface area contributed by atoms with E-state index in [1.54, 1.807) is 35.5 Å². The number of ether oxygens (including phenoxy) is 5. The van der Waals surface area contributed by atoms with Crippen LogP contribution in [0.15, 0.2) is 49.6 Å². The number of benzene rings is 2. The summed E-state index contributed by atoms with van der Waals surface area (Å²) in [5.74, 6) is 3.42. The molecule has 3 rings (SSSR count). The molecule has 0 N–H and O–H groups in total. The van der Waals surface area contributed by atoms with Crippen LogP contribution in [0.1, 0.15) is 34.5 Å². The highest BCUT2D eigenvalue weighted by atomic mass is 32.2. The van der Waals surface area contributed by atoms with Gasteiger partial charge in [0.2, 0.25) is 5.75 Å². The maximum absolute atomic E-state index is 5.74. The van der Waals surface area contributed by atoms with E-state index in [0.717, 1.165) is 30.0 Å². The van der Waals surface area contributed by atoms with Crippen LogP contribution in [0.3, 0.4) is 0 Å². The Balaban J connectivity index is 1.96. The summed E-state index contributed by atoms with van der Waals surface area (Å²) >= 11 is 1.94. The fourth-order valence-corrected chi connectivity index (χ4v) is 5.91. The fourth-order valence-electron chi connectivity index (χ4n) is 4.38. The average molecular weight is 486 g/mol. The molecule has 1 heterocycles. The summed E-state index contributed by atoms with van der Waals surface area (Å²) in [4.78, 5) is 2.18. The van der Waals surface area contributed by atoms with Gasteiger partial charge in [0.25, 0.3) is 0 Å². The zero-order valence-corrected chi connectivity index (χ0v) is 21.6. The Morgan fingerprint density at radius 2 is 1.18 bits per heavy atom. The molecule has 7 heteroatoms.